The molecule has 174 valence electrons. The average molecular weight is 452 g/mol. The third-order valence-electron chi connectivity index (χ3n) is 7.14. The lowest BCUT2D eigenvalue weighted by Crippen LogP contribution is -2.30. The second-order valence-corrected chi connectivity index (χ2v) is 9.42. The van der Waals surface area contributed by atoms with Gasteiger partial charge in [0.2, 0.25) is 0 Å². The monoisotopic (exact) mass is 451 g/mol. The number of hydrogen-bond acceptors (Lipinski definition) is 3. The molecule has 3 heteroatoms. The number of ether oxygens (including phenoxy) is 1. The molecule has 1 fully saturated rings. The van der Waals surface area contributed by atoms with Crippen LogP contribution in [-0.2, 0) is 0 Å². The number of benzene rings is 3. The Kier molecular flexibility index (Phi) is 6.92. The van der Waals surface area contributed by atoms with Crippen LogP contribution >= 0.6 is 0 Å². The summed E-state index contributed by atoms with van der Waals surface area (Å²) < 4.78 is 5.31. The summed E-state index contributed by atoms with van der Waals surface area (Å²) in [6, 6.07) is 22.9. The Morgan fingerprint density at radius 3 is 2.35 bits per heavy atom. The zero-order valence-corrected chi connectivity index (χ0v) is 20.1. The Hall–Kier alpha value is -3.17. The second kappa shape index (κ2) is 10.4. The fraction of sp³-hybridized carbons (Fsp3) is 0.323. The maximum absolute atomic E-state index is 13.1. The summed E-state index contributed by atoms with van der Waals surface area (Å²) in [6.07, 6.45) is 8.91. The van der Waals surface area contributed by atoms with Gasteiger partial charge in [-0.15, -0.1) is 0 Å². The van der Waals surface area contributed by atoms with Crippen molar-refractivity contribution < 1.29 is 9.53 Å². The van der Waals surface area contributed by atoms with E-state index in [9.17, 15) is 4.79 Å². The number of hydrogen-bond donors (Lipinski definition) is 0. The molecule has 0 aromatic heterocycles. The zero-order valence-electron chi connectivity index (χ0n) is 20.1. The molecule has 3 aromatic carbocycles. The molecule has 0 N–H and O–H groups in total. The quantitative estimate of drug-likeness (QED) is 0.211. The summed E-state index contributed by atoms with van der Waals surface area (Å²) in [7, 11) is 1.68. The number of fused-ring (bicyclic) bond motifs is 3. The molecule has 0 amide bonds. The molecule has 0 atom stereocenters. The first-order valence-corrected chi connectivity index (χ1v) is 12.6. The van der Waals surface area contributed by atoms with Crippen molar-refractivity contribution in [1.29, 1.82) is 0 Å². The number of piperidine rings is 1. The maximum Gasteiger partial charge on any atom is 0.162 e. The number of ketones is 1. The van der Waals surface area contributed by atoms with E-state index in [-0.39, 0.29) is 5.78 Å². The number of carbonyl (C=O) groups excluding carboxylic acids is 1. The van der Waals surface area contributed by atoms with E-state index in [0.717, 1.165) is 41.8 Å². The van der Waals surface area contributed by atoms with Gasteiger partial charge in [0.1, 0.15) is 5.75 Å². The first-order valence-electron chi connectivity index (χ1n) is 12.6. The van der Waals surface area contributed by atoms with Crippen LogP contribution in [0, 0.1) is 0 Å². The predicted octanol–water partition coefficient (Wildman–Crippen LogP) is 7.10. The van der Waals surface area contributed by atoms with Crippen molar-refractivity contribution in [3.63, 3.8) is 0 Å². The summed E-state index contributed by atoms with van der Waals surface area (Å²) in [5.74, 6) is 1.10. The molecule has 1 aliphatic carbocycles. The second-order valence-electron chi connectivity index (χ2n) is 9.42. The van der Waals surface area contributed by atoms with Gasteiger partial charge in [-0.3, -0.25) is 4.79 Å². The molecule has 5 rings (SSSR count). The Morgan fingerprint density at radius 1 is 0.853 bits per heavy atom. The first kappa shape index (κ1) is 22.6. The van der Waals surface area contributed by atoms with Gasteiger partial charge in [0.25, 0.3) is 0 Å². The number of nitrogens with zero attached hydrogens (tertiary/aromatic N) is 1. The van der Waals surface area contributed by atoms with Crippen molar-refractivity contribution in [2.24, 2.45) is 0 Å². The van der Waals surface area contributed by atoms with Crippen molar-refractivity contribution in [1.82, 2.24) is 4.90 Å². The van der Waals surface area contributed by atoms with Crippen molar-refractivity contribution in [2.75, 3.05) is 26.7 Å². The minimum Gasteiger partial charge on any atom is -0.497 e. The Bertz CT molecular complexity index is 1190. The van der Waals surface area contributed by atoms with Gasteiger partial charge in [-0.05, 0) is 103 Å². The van der Waals surface area contributed by atoms with Gasteiger partial charge < -0.3 is 9.64 Å². The Labute approximate surface area is 203 Å². The lowest BCUT2D eigenvalue weighted by molar-refractivity contribution is 0.0977. The molecule has 3 aromatic rings. The molecule has 3 nitrogen and oxygen atoms in total. The smallest absolute Gasteiger partial charge is 0.162 e. The van der Waals surface area contributed by atoms with Gasteiger partial charge in [-0.25, -0.2) is 0 Å². The van der Waals surface area contributed by atoms with Crippen molar-refractivity contribution in [2.45, 2.75) is 38.5 Å². The highest BCUT2D eigenvalue weighted by atomic mass is 16.5. The van der Waals surface area contributed by atoms with Crippen molar-refractivity contribution in [3.8, 4) is 16.9 Å². The minimum absolute atomic E-state index is 0.251. The number of unbranched alkanes of at least 4 members (excludes halogenated alkanes) is 1. The van der Waals surface area contributed by atoms with E-state index in [4.69, 9.17) is 4.74 Å². The molecule has 0 spiro atoms. The largest absolute Gasteiger partial charge is 0.497 e. The van der Waals surface area contributed by atoms with Gasteiger partial charge in [0.05, 0.1) is 7.11 Å². The van der Waals surface area contributed by atoms with Crippen LogP contribution in [0.1, 0.15) is 65.6 Å². The number of rotatable bonds is 8. The fourth-order valence-electron chi connectivity index (χ4n) is 5.24. The summed E-state index contributed by atoms with van der Waals surface area (Å²) >= 11 is 0. The normalized spacial score (nSPS) is 16.3. The first-order chi connectivity index (χ1) is 16.7. The lowest BCUT2D eigenvalue weighted by atomic mass is 9.96. The van der Waals surface area contributed by atoms with Crippen LogP contribution in [0.5, 0.6) is 5.75 Å². The number of methoxy groups -OCH3 is 1. The molecule has 0 saturated carbocycles. The SMILES string of the molecule is COc1ccc(/C=C2/c3ccccc3-c3ccc(C(=O)CCCCN4CCCCC4)cc32)cc1. The highest BCUT2D eigenvalue weighted by Gasteiger charge is 2.24. The van der Waals surface area contributed by atoms with Gasteiger partial charge in [0.15, 0.2) is 5.78 Å². The van der Waals surface area contributed by atoms with Crippen molar-refractivity contribution in [3.05, 3.63) is 89.0 Å². The number of carbonyl (C=O) groups is 1. The van der Waals surface area contributed by atoms with Crippen LogP contribution in [0.3, 0.4) is 0 Å². The number of Topliss-reactive ketones (excluding diaryl/α,β-unsaturated/α-hetero) is 1. The van der Waals surface area contributed by atoms with Crippen LogP contribution < -0.4 is 4.74 Å². The van der Waals surface area contributed by atoms with E-state index in [2.05, 4.69) is 59.5 Å². The maximum atomic E-state index is 13.1. The number of likely N-dealkylation sites (tertiary alicyclic amines) is 1. The zero-order chi connectivity index (χ0) is 23.3. The van der Waals surface area contributed by atoms with E-state index in [1.807, 2.05) is 18.2 Å². The van der Waals surface area contributed by atoms with E-state index >= 15 is 0 Å². The molecule has 0 unspecified atom stereocenters. The average Bonchev–Trinajstić information content (AvgIpc) is 3.20. The molecular weight excluding hydrogens is 418 g/mol. The summed E-state index contributed by atoms with van der Waals surface area (Å²) in [4.78, 5) is 15.6. The molecule has 1 aliphatic heterocycles. The van der Waals surface area contributed by atoms with Crippen LogP contribution in [0.2, 0.25) is 0 Å². The van der Waals surface area contributed by atoms with Crippen LogP contribution in [-0.4, -0.2) is 37.4 Å². The Balaban J connectivity index is 1.34. The molecule has 1 heterocycles. The summed E-state index contributed by atoms with van der Waals surface area (Å²) in [5.41, 5.74) is 7.93. The molecular formula is C31H33NO2. The van der Waals surface area contributed by atoms with Crippen LogP contribution in [0.15, 0.2) is 66.7 Å². The standard InChI is InChI=1S/C31H33NO2/c1-34-25-15-12-23(13-16-25)21-29-27-10-4-3-9-26(27)28-17-14-24(22-30(28)29)31(33)11-5-8-20-32-18-6-2-7-19-32/h3-4,9-10,12-17,21-22H,2,5-8,11,18-20H2,1H3/b29-21-. The Morgan fingerprint density at radius 2 is 1.59 bits per heavy atom. The molecule has 0 radical (unpaired) electrons. The fourth-order valence-corrected chi connectivity index (χ4v) is 5.24. The van der Waals surface area contributed by atoms with Crippen molar-refractivity contribution >= 4 is 17.4 Å². The van der Waals surface area contributed by atoms with Crippen LogP contribution in [0.4, 0.5) is 0 Å². The third-order valence-corrected chi connectivity index (χ3v) is 7.14. The van der Waals surface area contributed by atoms with Gasteiger partial charge in [-0.2, -0.15) is 0 Å². The van der Waals surface area contributed by atoms with E-state index in [0.29, 0.717) is 6.42 Å². The molecule has 0 bridgehead atoms. The third kappa shape index (κ3) is 4.85. The predicted molar refractivity (Wildman–Crippen MR) is 140 cm³/mol. The van der Waals surface area contributed by atoms with Gasteiger partial charge in [0, 0.05) is 12.0 Å². The van der Waals surface area contributed by atoms with E-state index in [1.165, 1.54) is 54.6 Å². The highest BCUT2D eigenvalue weighted by Crippen LogP contribution is 2.45. The minimum atomic E-state index is 0.251. The van der Waals surface area contributed by atoms with E-state index < -0.39 is 0 Å². The molecule has 1 saturated heterocycles. The lowest BCUT2D eigenvalue weighted by Gasteiger charge is -2.26. The van der Waals surface area contributed by atoms with Gasteiger partial charge in [-0.1, -0.05) is 55.0 Å². The topological polar surface area (TPSA) is 29.5 Å². The van der Waals surface area contributed by atoms with E-state index in [1.54, 1.807) is 7.11 Å². The van der Waals surface area contributed by atoms with Gasteiger partial charge >= 0.3 is 0 Å². The summed E-state index contributed by atoms with van der Waals surface area (Å²) in [5, 5.41) is 0. The molecule has 34 heavy (non-hydrogen) atoms. The summed E-state index contributed by atoms with van der Waals surface area (Å²) in [6.45, 7) is 3.58. The molecule has 2 aliphatic rings. The highest BCUT2D eigenvalue weighted by molar-refractivity contribution is 6.08. The van der Waals surface area contributed by atoms with Crippen LogP contribution in [0.25, 0.3) is 22.8 Å².